The summed E-state index contributed by atoms with van der Waals surface area (Å²) in [6.07, 6.45) is 5.59. The number of halogens is 1. The molecule has 0 saturated heterocycles. The fourth-order valence-electron chi connectivity index (χ4n) is 4.16. The van der Waals surface area contributed by atoms with Gasteiger partial charge in [0.05, 0.1) is 38.5 Å². The summed E-state index contributed by atoms with van der Waals surface area (Å²) >= 11 is 6.42. The second-order valence-corrected chi connectivity index (χ2v) is 8.63. The van der Waals surface area contributed by atoms with Gasteiger partial charge in [-0.15, -0.1) is 0 Å². The van der Waals surface area contributed by atoms with E-state index >= 15 is 0 Å². The quantitative estimate of drug-likeness (QED) is 0.525. The number of hydrogen-bond acceptors (Lipinski definition) is 6. The molecule has 2 amide bonds. The molecule has 1 aliphatic carbocycles. The smallest absolute Gasteiger partial charge is 0.255 e. The van der Waals surface area contributed by atoms with Crippen LogP contribution in [-0.4, -0.2) is 57.7 Å². The van der Waals surface area contributed by atoms with Gasteiger partial charge < -0.3 is 29.7 Å². The van der Waals surface area contributed by atoms with Crippen LogP contribution in [0.1, 0.15) is 42.5 Å². The fraction of sp³-hybridized carbons (Fsp3) is 0.440. The van der Waals surface area contributed by atoms with Crippen LogP contribution in [0.25, 0.3) is 0 Å². The maximum Gasteiger partial charge on any atom is 0.255 e. The van der Waals surface area contributed by atoms with Gasteiger partial charge in [-0.05, 0) is 31.0 Å². The number of hydrogen-bond donors (Lipinski definition) is 2. The molecule has 2 aromatic carbocycles. The van der Waals surface area contributed by atoms with E-state index in [1.54, 1.807) is 35.2 Å². The molecule has 2 N–H and O–H groups in total. The predicted molar refractivity (Wildman–Crippen MR) is 134 cm³/mol. The van der Waals surface area contributed by atoms with Crippen LogP contribution in [0, 0.1) is 0 Å². The molecule has 1 saturated carbocycles. The highest BCUT2D eigenvalue weighted by Gasteiger charge is 2.24. The number of carbonyl (C=O) groups is 2. The Hall–Kier alpha value is -3.13. The molecule has 1 fully saturated rings. The lowest BCUT2D eigenvalue weighted by atomic mass is 9.94. The van der Waals surface area contributed by atoms with Gasteiger partial charge in [-0.3, -0.25) is 9.59 Å². The highest BCUT2D eigenvalue weighted by molar-refractivity contribution is 6.34. The minimum atomic E-state index is -0.275. The third-order valence-electron chi connectivity index (χ3n) is 6.04. The van der Waals surface area contributed by atoms with Crippen molar-refractivity contribution < 1.29 is 23.8 Å². The van der Waals surface area contributed by atoms with Crippen LogP contribution in [0.3, 0.4) is 0 Å². The Balaban J connectivity index is 1.61. The van der Waals surface area contributed by atoms with E-state index in [1.165, 1.54) is 27.8 Å². The lowest BCUT2D eigenvalue weighted by Crippen LogP contribution is -2.38. The van der Waals surface area contributed by atoms with Crippen molar-refractivity contribution in [3.05, 3.63) is 40.9 Å². The number of ether oxygens (including phenoxy) is 3. The van der Waals surface area contributed by atoms with Gasteiger partial charge in [-0.1, -0.05) is 30.9 Å². The fourth-order valence-corrected chi connectivity index (χ4v) is 4.42. The molecule has 0 unspecified atom stereocenters. The number of benzene rings is 2. The lowest BCUT2D eigenvalue weighted by molar-refractivity contribution is -0.114. The summed E-state index contributed by atoms with van der Waals surface area (Å²) in [5, 5.41) is 6.18. The number of anilines is 2. The van der Waals surface area contributed by atoms with E-state index in [1.807, 2.05) is 7.05 Å². The van der Waals surface area contributed by atoms with Gasteiger partial charge in [0.25, 0.3) is 5.91 Å². The SMILES string of the molecule is COc1cc(NC(=O)CNc2ccc(C(=O)N(C)C3CCCCC3)c(Cl)c2)cc(OC)c1OC. The molecular weight excluding hydrogens is 458 g/mol. The molecule has 0 spiro atoms. The van der Waals surface area contributed by atoms with Crippen LogP contribution in [0.15, 0.2) is 30.3 Å². The van der Waals surface area contributed by atoms with Gasteiger partial charge in [0, 0.05) is 36.6 Å². The molecule has 9 heteroatoms. The van der Waals surface area contributed by atoms with Gasteiger partial charge in [0.15, 0.2) is 11.5 Å². The van der Waals surface area contributed by atoms with Gasteiger partial charge in [0.2, 0.25) is 11.7 Å². The molecular formula is C25H32ClN3O5. The van der Waals surface area contributed by atoms with Gasteiger partial charge in [0.1, 0.15) is 0 Å². The van der Waals surface area contributed by atoms with E-state index in [-0.39, 0.29) is 24.4 Å². The summed E-state index contributed by atoms with van der Waals surface area (Å²) in [6.45, 7) is 0.00224. The number of methoxy groups -OCH3 is 3. The largest absolute Gasteiger partial charge is 0.493 e. The number of rotatable bonds is 9. The normalized spacial score (nSPS) is 13.7. The van der Waals surface area contributed by atoms with Crippen LogP contribution in [-0.2, 0) is 4.79 Å². The summed E-state index contributed by atoms with van der Waals surface area (Å²) in [5.74, 6) is 0.969. The van der Waals surface area contributed by atoms with Crippen molar-refractivity contribution in [2.45, 2.75) is 38.1 Å². The van der Waals surface area contributed by atoms with Crippen LogP contribution < -0.4 is 24.8 Å². The van der Waals surface area contributed by atoms with Crippen molar-refractivity contribution in [3.63, 3.8) is 0 Å². The minimum Gasteiger partial charge on any atom is -0.493 e. The maximum atomic E-state index is 12.9. The standard InChI is InChI=1S/C25H32ClN3O5/c1-29(18-8-6-5-7-9-18)25(31)19-11-10-16(12-20(19)26)27-15-23(30)28-17-13-21(32-2)24(34-4)22(14-17)33-3/h10-14,18,27H,5-9,15H2,1-4H3,(H,28,30). The first-order valence-electron chi connectivity index (χ1n) is 11.3. The van der Waals surface area contributed by atoms with E-state index in [0.29, 0.717) is 39.2 Å². The molecule has 0 aromatic heterocycles. The summed E-state index contributed by atoms with van der Waals surface area (Å²) in [7, 11) is 6.37. The maximum absolute atomic E-state index is 12.9. The van der Waals surface area contributed by atoms with Crippen LogP contribution >= 0.6 is 11.6 Å². The number of carbonyl (C=O) groups excluding carboxylic acids is 2. The number of nitrogens with one attached hydrogen (secondary N) is 2. The second kappa shape index (κ2) is 11.8. The van der Waals surface area contributed by atoms with Gasteiger partial charge in [-0.2, -0.15) is 0 Å². The summed E-state index contributed by atoms with van der Waals surface area (Å²) in [6, 6.07) is 8.67. The Labute approximate surface area is 205 Å². The lowest BCUT2D eigenvalue weighted by Gasteiger charge is -2.31. The second-order valence-electron chi connectivity index (χ2n) is 8.22. The van der Waals surface area contributed by atoms with Crippen molar-refractivity contribution in [2.24, 2.45) is 0 Å². The van der Waals surface area contributed by atoms with Crippen molar-refractivity contribution in [1.29, 1.82) is 0 Å². The molecule has 0 bridgehead atoms. The number of amides is 2. The molecule has 184 valence electrons. The Morgan fingerprint density at radius 3 is 2.18 bits per heavy atom. The van der Waals surface area contributed by atoms with E-state index in [4.69, 9.17) is 25.8 Å². The molecule has 3 rings (SSSR count). The average Bonchev–Trinajstić information content (AvgIpc) is 2.86. The van der Waals surface area contributed by atoms with Gasteiger partial charge in [-0.25, -0.2) is 0 Å². The number of nitrogens with zero attached hydrogens (tertiary/aromatic N) is 1. The first kappa shape index (κ1) is 25.5. The van der Waals surface area contributed by atoms with Crippen molar-refractivity contribution in [3.8, 4) is 17.2 Å². The summed E-state index contributed by atoms with van der Waals surface area (Å²) in [4.78, 5) is 27.2. The van der Waals surface area contributed by atoms with E-state index in [9.17, 15) is 9.59 Å². The molecule has 0 radical (unpaired) electrons. The van der Waals surface area contributed by atoms with E-state index in [2.05, 4.69) is 10.6 Å². The Bertz CT molecular complexity index is 999. The molecule has 34 heavy (non-hydrogen) atoms. The van der Waals surface area contributed by atoms with E-state index in [0.717, 1.165) is 25.7 Å². The summed E-state index contributed by atoms with van der Waals surface area (Å²) in [5.41, 5.74) is 1.61. The zero-order valence-electron chi connectivity index (χ0n) is 20.1. The van der Waals surface area contributed by atoms with Crippen LogP contribution in [0.2, 0.25) is 5.02 Å². The third kappa shape index (κ3) is 6.05. The molecule has 2 aromatic rings. The van der Waals surface area contributed by atoms with Crippen molar-refractivity contribution in [1.82, 2.24) is 4.90 Å². The van der Waals surface area contributed by atoms with Crippen molar-refractivity contribution >= 4 is 34.8 Å². The monoisotopic (exact) mass is 489 g/mol. The summed E-state index contributed by atoms with van der Waals surface area (Å²) < 4.78 is 15.9. The first-order valence-corrected chi connectivity index (χ1v) is 11.7. The minimum absolute atomic E-state index is 0.00224. The zero-order valence-corrected chi connectivity index (χ0v) is 20.8. The average molecular weight is 490 g/mol. The van der Waals surface area contributed by atoms with Gasteiger partial charge >= 0.3 is 0 Å². The molecule has 0 heterocycles. The third-order valence-corrected chi connectivity index (χ3v) is 6.36. The first-order chi connectivity index (χ1) is 16.4. The van der Waals surface area contributed by atoms with E-state index < -0.39 is 0 Å². The zero-order chi connectivity index (χ0) is 24.7. The highest BCUT2D eigenvalue weighted by Crippen LogP contribution is 2.39. The highest BCUT2D eigenvalue weighted by atomic mass is 35.5. The van der Waals surface area contributed by atoms with Crippen LogP contribution in [0.5, 0.6) is 17.2 Å². The molecule has 1 aliphatic rings. The Kier molecular flexibility index (Phi) is 8.87. The van der Waals surface area contributed by atoms with Crippen molar-refractivity contribution in [2.75, 3.05) is 45.6 Å². The predicted octanol–water partition coefficient (Wildman–Crippen LogP) is 4.82. The van der Waals surface area contributed by atoms with Crippen LogP contribution in [0.4, 0.5) is 11.4 Å². The molecule has 0 aliphatic heterocycles. The molecule has 0 atom stereocenters. The molecule has 8 nitrogen and oxygen atoms in total. The Morgan fingerprint density at radius 1 is 0.971 bits per heavy atom. The topological polar surface area (TPSA) is 89.1 Å². The Morgan fingerprint density at radius 2 is 1.62 bits per heavy atom.